The van der Waals surface area contributed by atoms with Crippen LogP contribution in [0.25, 0.3) is 0 Å². The van der Waals surface area contributed by atoms with Crippen molar-refractivity contribution in [2.45, 2.75) is 58.5 Å². The molecule has 1 aliphatic carbocycles. The van der Waals surface area contributed by atoms with Gasteiger partial charge in [0.15, 0.2) is 5.78 Å². The number of carbonyl (C=O) groups is 2. The number of carbonyl (C=O) groups excluding carboxylic acids is 2. The summed E-state index contributed by atoms with van der Waals surface area (Å²) in [7, 11) is 0. The van der Waals surface area contributed by atoms with E-state index in [9.17, 15) is 9.59 Å². The van der Waals surface area contributed by atoms with Crippen LogP contribution in [0, 0.1) is 5.41 Å². The van der Waals surface area contributed by atoms with E-state index in [0.29, 0.717) is 5.70 Å². The molecular formula is C14H22N2O2. The Kier molecular flexibility index (Phi) is 3.46. The Morgan fingerprint density at radius 2 is 1.72 bits per heavy atom. The quantitative estimate of drug-likeness (QED) is 0.694. The summed E-state index contributed by atoms with van der Waals surface area (Å²) >= 11 is 0. The van der Waals surface area contributed by atoms with Crippen molar-refractivity contribution in [3.8, 4) is 0 Å². The Labute approximate surface area is 108 Å². The third-order valence-electron chi connectivity index (χ3n) is 3.68. The lowest BCUT2D eigenvalue weighted by atomic mass is 9.87. The second-order valence-corrected chi connectivity index (χ2v) is 6.29. The van der Waals surface area contributed by atoms with E-state index in [1.165, 1.54) is 18.9 Å². The van der Waals surface area contributed by atoms with Gasteiger partial charge in [0.25, 0.3) is 5.91 Å². The molecule has 0 spiro atoms. The summed E-state index contributed by atoms with van der Waals surface area (Å²) in [6.07, 6.45) is 5.91. The highest BCUT2D eigenvalue weighted by Gasteiger charge is 2.33. The van der Waals surface area contributed by atoms with E-state index in [2.05, 4.69) is 10.6 Å². The van der Waals surface area contributed by atoms with Gasteiger partial charge in [0, 0.05) is 23.6 Å². The van der Waals surface area contributed by atoms with E-state index < -0.39 is 5.41 Å². The zero-order valence-corrected chi connectivity index (χ0v) is 11.4. The van der Waals surface area contributed by atoms with Gasteiger partial charge in [-0.05, 0) is 12.8 Å². The first kappa shape index (κ1) is 13.1. The van der Waals surface area contributed by atoms with Gasteiger partial charge in [-0.15, -0.1) is 0 Å². The Balaban J connectivity index is 2.12. The molecule has 1 heterocycles. The van der Waals surface area contributed by atoms with Gasteiger partial charge in [0.2, 0.25) is 0 Å². The standard InChI is InChI=1S/C14H22N2O2/c1-14(2,3)12(17)8-11-13(18)16-10-7-5-4-6-9(10)15-11/h8-10,15H,4-7H2,1-3H3,(H,16,18)/b11-8-/t9-,10-/m1/s1. The van der Waals surface area contributed by atoms with Gasteiger partial charge in [0.05, 0.1) is 0 Å². The van der Waals surface area contributed by atoms with E-state index >= 15 is 0 Å². The molecule has 2 rings (SSSR count). The molecule has 0 aromatic heterocycles. The van der Waals surface area contributed by atoms with Crippen LogP contribution in [0.2, 0.25) is 0 Å². The van der Waals surface area contributed by atoms with Gasteiger partial charge in [0.1, 0.15) is 5.70 Å². The molecule has 2 atom stereocenters. The lowest BCUT2D eigenvalue weighted by Gasteiger charge is -2.38. The first-order valence-corrected chi connectivity index (χ1v) is 6.71. The molecule has 2 N–H and O–H groups in total. The third-order valence-corrected chi connectivity index (χ3v) is 3.68. The molecule has 2 aliphatic rings. The Hall–Kier alpha value is -1.32. The summed E-state index contributed by atoms with van der Waals surface area (Å²) < 4.78 is 0. The molecule has 0 bridgehead atoms. The first-order valence-electron chi connectivity index (χ1n) is 6.71. The number of rotatable bonds is 1. The molecule has 18 heavy (non-hydrogen) atoms. The molecule has 1 saturated carbocycles. The molecular weight excluding hydrogens is 228 g/mol. The van der Waals surface area contributed by atoms with E-state index in [1.807, 2.05) is 20.8 Å². The van der Waals surface area contributed by atoms with Crippen LogP contribution >= 0.6 is 0 Å². The van der Waals surface area contributed by atoms with Crippen LogP contribution in [0.3, 0.4) is 0 Å². The molecule has 0 aromatic rings. The largest absolute Gasteiger partial charge is 0.376 e. The molecule has 1 aliphatic heterocycles. The lowest BCUT2D eigenvalue weighted by molar-refractivity contribution is -0.123. The number of piperazine rings is 1. The smallest absolute Gasteiger partial charge is 0.267 e. The summed E-state index contributed by atoms with van der Waals surface area (Å²) in [5.41, 5.74) is -0.0173. The lowest BCUT2D eigenvalue weighted by Crippen LogP contribution is -2.58. The van der Waals surface area contributed by atoms with E-state index in [4.69, 9.17) is 0 Å². The molecule has 0 radical (unpaired) electrons. The summed E-state index contributed by atoms with van der Waals surface area (Å²) in [5.74, 6) is -0.162. The van der Waals surface area contributed by atoms with Crippen LogP contribution in [0.1, 0.15) is 46.5 Å². The fourth-order valence-electron chi connectivity index (χ4n) is 2.44. The monoisotopic (exact) mass is 250 g/mol. The molecule has 2 fully saturated rings. The number of allylic oxidation sites excluding steroid dienone is 1. The number of ketones is 1. The second kappa shape index (κ2) is 4.75. The highest BCUT2D eigenvalue weighted by Crippen LogP contribution is 2.23. The maximum Gasteiger partial charge on any atom is 0.267 e. The zero-order chi connectivity index (χ0) is 13.3. The maximum absolute atomic E-state index is 11.9. The predicted octanol–water partition coefficient (Wildman–Crippen LogP) is 1.52. The van der Waals surface area contributed by atoms with E-state index in [1.54, 1.807) is 0 Å². The summed E-state index contributed by atoms with van der Waals surface area (Å²) in [6.45, 7) is 5.57. The zero-order valence-electron chi connectivity index (χ0n) is 11.4. The average Bonchev–Trinajstić information content (AvgIpc) is 2.28. The predicted molar refractivity (Wildman–Crippen MR) is 69.9 cm³/mol. The molecule has 0 unspecified atom stereocenters. The molecule has 1 saturated heterocycles. The highest BCUT2D eigenvalue weighted by molar-refractivity contribution is 6.03. The minimum absolute atomic E-state index is 0.0191. The number of hydrogen-bond donors (Lipinski definition) is 2. The third kappa shape index (κ3) is 2.74. The molecule has 100 valence electrons. The van der Waals surface area contributed by atoms with Crippen LogP contribution in [-0.4, -0.2) is 23.8 Å². The van der Waals surface area contributed by atoms with Gasteiger partial charge < -0.3 is 10.6 Å². The maximum atomic E-state index is 11.9. The van der Waals surface area contributed by atoms with Gasteiger partial charge in [-0.3, -0.25) is 9.59 Å². The van der Waals surface area contributed by atoms with Crippen molar-refractivity contribution in [2.24, 2.45) is 5.41 Å². The van der Waals surface area contributed by atoms with Crippen molar-refractivity contribution in [3.05, 3.63) is 11.8 Å². The van der Waals surface area contributed by atoms with Gasteiger partial charge in [-0.1, -0.05) is 33.6 Å². The second-order valence-electron chi connectivity index (χ2n) is 6.29. The minimum atomic E-state index is -0.446. The SMILES string of the molecule is CC(C)(C)C(=O)/C=C1\N[C@@H]2CCCC[C@H]2NC1=O. The molecule has 0 aromatic carbocycles. The summed E-state index contributed by atoms with van der Waals surface area (Å²) in [4.78, 5) is 23.9. The normalized spacial score (nSPS) is 30.4. The van der Waals surface area contributed by atoms with Crippen LogP contribution in [0.15, 0.2) is 11.8 Å². The highest BCUT2D eigenvalue weighted by atomic mass is 16.2. The number of hydrogen-bond acceptors (Lipinski definition) is 3. The van der Waals surface area contributed by atoms with Crippen molar-refractivity contribution < 1.29 is 9.59 Å². The van der Waals surface area contributed by atoms with Crippen LogP contribution in [0.4, 0.5) is 0 Å². The molecule has 4 heteroatoms. The summed E-state index contributed by atoms with van der Waals surface area (Å²) in [5, 5.41) is 6.24. The topological polar surface area (TPSA) is 58.2 Å². The van der Waals surface area contributed by atoms with Gasteiger partial charge >= 0.3 is 0 Å². The van der Waals surface area contributed by atoms with Crippen LogP contribution in [-0.2, 0) is 9.59 Å². The van der Waals surface area contributed by atoms with Crippen molar-refractivity contribution in [3.63, 3.8) is 0 Å². The van der Waals surface area contributed by atoms with Gasteiger partial charge in [-0.25, -0.2) is 0 Å². The fraction of sp³-hybridized carbons (Fsp3) is 0.714. The number of fused-ring (bicyclic) bond motifs is 1. The van der Waals surface area contributed by atoms with Crippen LogP contribution < -0.4 is 10.6 Å². The summed E-state index contributed by atoms with van der Waals surface area (Å²) in [6, 6.07) is 0.517. The molecule has 4 nitrogen and oxygen atoms in total. The van der Waals surface area contributed by atoms with E-state index in [0.717, 1.165) is 12.8 Å². The molecule has 1 amide bonds. The van der Waals surface area contributed by atoms with Crippen molar-refractivity contribution >= 4 is 11.7 Å². The average molecular weight is 250 g/mol. The van der Waals surface area contributed by atoms with E-state index in [-0.39, 0.29) is 23.8 Å². The number of amides is 1. The van der Waals surface area contributed by atoms with Crippen molar-refractivity contribution in [1.29, 1.82) is 0 Å². The van der Waals surface area contributed by atoms with Gasteiger partial charge in [-0.2, -0.15) is 0 Å². The Morgan fingerprint density at radius 3 is 2.28 bits per heavy atom. The Morgan fingerprint density at radius 1 is 1.17 bits per heavy atom. The minimum Gasteiger partial charge on any atom is -0.376 e. The fourth-order valence-corrected chi connectivity index (χ4v) is 2.44. The first-order chi connectivity index (χ1) is 8.38. The van der Waals surface area contributed by atoms with Crippen LogP contribution in [0.5, 0.6) is 0 Å². The Bertz CT molecular complexity index is 393. The van der Waals surface area contributed by atoms with Crippen molar-refractivity contribution in [1.82, 2.24) is 10.6 Å². The van der Waals surface area contributed by atoms with Crippen molar-refractivity contribution in [2.75, 3.05) is 0 Å². The number of nitrogens with one attached hydrogen (secondary N) is 2.